The molecule has 41 heavy (non-hydrogen) atoms. The number of fused-ring (bicyclic) bond motifs is 2. The molecule has 2 aliphatic heterocycles. The van der Waals surface area contributed by atoms with Gasteiger partial charge in [0.15, 0.2) is 11.6 Å². The first-order chi connectivity index (χ1) is 19.8. The molecule has 0 unspecified atom stereocenters. The summed E-state index contributed by atoms with van der Waals surface area (Å²) >= 11 is 0. The van der Waals surface area contributed by atoms with Gasteiger partial charge in [-0.1, -0.05) is 12.5 Å². The number of hydrogen-bond acceptors (Lipinski definition) is 7. The van der Waals surface area contributed by atoms with Gasteiger partial charge < -0.3 is 24.6 Å². The number of carbonyl (C=O) groups is 1. The zero-order chi connectivity index (χ0) is 28.7. The highest BCUT2D eigenvalue weighted by molar-refractivity contribution is 5.98. The second-order valence-corrected chi connectivity index (χ2v) is 11.7. The summed E-state index contributed by atoms with van der Waals surface area (Å²) in [4.78, 5) is 27.3. The van der Waals surface area contributed by atoms with E-state index in [2.05, 4.69) is 32.3 Å². The van der Waals surface area contributed by atoms with Gasteiger partial charge in [0.25, 0.3) is 5.91 Å². The molecule has 1 saturated carbocycles. The zero-order valence-electron chi connectivity index (χ0n) is 24.1. The number of pyridine rings is 1. The summed E-state index contributed by atoms with van der Waals surface area (Å²) in [6.45, 7) is 7.50. The van der Waals surface area contributed by atoms with Gasteiger partial charge in [0.05, 0.1) is 37.2 Å². The molecule has 4 heterocycles. The molecule has 2 atom stereocenters. The maximum absolute atomic E-state index is 14.4. The first-order valence-corrected chi connectivity index (χ1v) is 14.7. The highest BCUT2D eigenvalue weighted by atomic mass is 19.1. The average molecular weight is 563 g/mol. The van der Waals surface area contributed by atoms with Crippen molar-refractivity contribution in [2.24, 2.45) is 0 Å². The minimum absolute atomic E-state index is 0.0295. The third kappa shape index (κ3) is 5.08. The second-order valence-electron chi connectivity index (χ2n) is 11.7. The van der Waals surface area contributed by atoms with Crippen LogP contribution in [0.5, 0.6) is 5.75 Å². The zero-order valence-corrected chi connectivity index (χ0v) is 24.1. The van der Waals surface area contributed by atoms with Crippen LogP contribution in [0.25, 0.3) is 0 Å². The number of β-amino-alcohol motifs (C(OH)–C–C–N with tert-alkyl or cyclic N) is 1. The lowest BCUT2D eigenvalue weighted by Gasteiger charge is -2.52. The molecule has 3 aliphatic rings. The summed E-state index contributed by atoms with van der Waals surface area (Å²) < 4.78 is 21.8. The van der Waals surface area contributed by atoms with Crippen LogP contribution >= 0.6 is 0 Å². The van der Waals surface area contributed by atoms with Gasteiger partial charge >= 0.3 is 0 Å². The van der Waals surface area contributed by atoms with E-state index in [0.29, 0.717) is 38.5 Å². The van der Waals surface area contributed by atoms with Gasteiger partial charge in [0, 0.05) is 62.7 Å². The largest absolute Gasteiger partial charge is 0.491 e. The summed E-state index contributed by atoms with van der Waals surface area (Å²) in [5.41, 5.74) is 4.61. The highest BCUT2D eigenvalue weighted by Gasteiger charge is 2.49. The monoisotopic (exact) mass is 562 g/mol. The molecule has 1 spiro atoms. The van der Waals surface area contributed by atoms with E-state index in [4.69, 9.17) is 4.74 Å². The van der Waals surface area contributed by atoms with Gasteiger partial charge in [-0.15, -0.1) is 0 Å². The van der Waals surface area contributed by atoms with E-state index in [1.165, 1.54) is 17.3 Å². The van der Waals surface area contributed by atoms with E-state index in [1.54, 1.807) is 12.3 Å². The van der Waals surface area contributed by atoms with E-state index >= 15 is 0 Å². The number of nitrogens with one attached hydrogen (secondary N) is 1. The van der Waals surface area contributed by atoms with E-state index in [9.17, 15) is 14.3 Å². The number of anilines is 1. The van der Waals surface area contributed by atoms with Crippen LogP contribution in [-0.2, 0) is 18.5 Å². The Morgan fingerprint density at radius 1 is 1.24 bits per heavy atom. The van der Waals surface area contributed by atoms with Crippen LogP contribution in [0, 0.1) is 5.82 Å². The van der Waals surface area contributed by atoms with Crippen molar-refractivity contribution < 1.29 is 19.0 Å². The average Bonchev–Trinajstić information content (AvgIpc) is 3.57. The second kappa shape index (κ2) is 11.1. The van der Waals surface area contributed by atoms with Crippen molar-refractivity contribution in [3.05, 3.63) is 70.6 Å². The number of amides is 1. The molecular weight excluding hydrogens is 523 g/mol. The molecule has 3 aromatic rings. The maximum Gasteiger partial charge on any atom is 0.254 e. The fourth-order valence-electron chi connectivity index (χ4n) is 6.88. The van der Waals surface area contributed by atoms with Crippen molar-refractivity contribution in [3.8, 4) is 5.75 Å². The fourth-order valence-corrected chi connectivity index (χ4v) is 6.88. The van der Waals surface area contributed by atoms with Gasteiger partial charge in [-0.3, -0.25) is 14.7 Å². The molecule has 6 rings (SSSR count). The Morgan fingerprint density at radius 3 is 2.76 bits per heavy atom. The normalized spacial score (nSPS) is 20.7. The van der Waals surface area contributed by atoms with Gasteiger partial charge in [-0.2, -0.15) is 0 Å². The van der Waals surface area contributed by atoms with Crippen LogP contribution in [0.4, 0.5) is 10.3 Å². The molecule has 2 N–H and O–H groups in total. The van der Waals surface area contributed by atoms with Gasteiger partial charge in [0.2, 0.25) is 5.95 Å². The number of hydrogen-bond donors (Lipinski definition) is 2. The Balaban J connectivity index is 1.42. The summed E-state index contributed by atoms with van der Waals surface area (Å²) in [6.07, 6.45) is 8.48. The van der Waals surface area contributed by atoms with Crippen LogP contribution in [-0.4, -0.2) is 74.7 Å². The van der Waals surface area contributed by atoms with Crippen LogP contribution in [0.15, 0.2) is 36.8 Å². The Morgan fingerprint density at radius 2 is 2.07 bits per heavy atom. The Hall–Kier alpha value is -3.50. The minimum atomic E-state index is -0.504. The number of aromatic nitrogens is 3. The van der Waals surface area contributed by atoms with Crippen molar-refractivity contribution >= 4 is 11.9 Å². The fraction of sp³-hybridized carbons (Fsp3) is 0.516. The molecule has 218 valence electrons. The number of aliphatic hydroxyl groups excluding tert-OH is 1. The van der Waals surface area contributed by atoms with Crippen molar-refractivity contribution in [1.29, 1.82) is 0 Å². The number of nitrogens with zero attached hydrogens (tertiary/aromatic N) is 5. The molecule has 1 saturated heterocycles. The SMILES string of the molecule is CCOc1cc([C@H](C)N2CC3(CCC3)c3c(CN4CC[C@@H](O)C4)cc(Cn4ccnc4NC)cc3C2=O)ncc1F. The number of imidazole rings is 1. The molecule has 1 aliphatic carbocycles. The molecule has 2 aromatic heterocycles. The Bertz CT molecular complexity index is 1440. The number of likely N-dealkylation sites (tertiary alicyclic amines) is 1. The van der Waals surface area contributed by atoms with Gasteiger partial charge in [0.1, 0.15) is 0 Å². The number of rotatable bonds is 9. The number of halogens is 1. The van der Waals surface area contributed by atoms with Crippen molar-refractivity contribution in [2.45, 2.75) is 70.2 Å². The standard InChI is InChI=1S/C31H39FN6O3/c1-4-41-27-14-26(35-15-25(27)32)20(2)38-19-31(7-5-8-31)28-22(17-36-10-6-23(39)18-36)12-21(13-24(28)29(38)40)16-37-11-9-34-30(37)33-3/h9,11-15,20,23,39H,4-8,10,16-19H2,1-3H3,(H,33,34)/t20-,23+/m0/s1. The molecule has 1 amide bonds. The number of aliphatic hydroxyl groups is 1. The van der Waals surface area contributed by atoms with E-state index in [1.807, 2.05) is 36.6 Å². The minimum Gasteiger partial charge on any atom is -0.491 e. The van der Waals surface area contributed by atoms with Gasteiger partial charge in [-0.25, -0.2) is 9.37 Å². The Labute approximate surface area is 240 Å². The summed E-state index contributed by atoms with van der Waals surface area (Å²) in [5.74, 6) is 0.385. The predicted molar refractivity (Wildman–Crippen MR) is 154 cm³/mol. The number of ether oxygens (including phenoxy) is 1. The number of benzene rings is 1. The third-order valence-corrected chi connectivity index (χ3v) is 9.06. The molecule has 2 fully saturated rings. The van der Waals surface area contributed by atoms with Crippen LogP contribution < -0.4 is 10.1 Å². The topological polar surface area (TPSA) is 95.7 Å². The smallest absolute Gasteiger partial charge is 0.254 e. The van der Waals surface area contributed by atoms with Crippen molar-refractivity contribution in [2.75, 3.05) is 38.6 Å². The van der Waals surface area contributed by atoms with Crippen LogP contribution in [0.3, 0.4) is 0 Å². The lowest BCUT2D eigenvalue weighted by Crippen LogP contribution is -2.54. The molecular formula is C31H39FN6O3. The number of carbonyl (C=O) groups excluding carboxylic acids is 1. The summed E-state index contributed by atoms with van der Waals surface area (Å²) in [5, 5.41) is 13.3. The molecule has 1 aromatic carbocycles. The van der Waals surface area contributed by atoms with Crippen LogP contribution in [0.2, 0.25) is 0 Å². The molecule has 0 bridgehead atoms. The maximum atomic E-state index is 14.4. The van der Waals surface area contributed by atoms with E-state index in [-0.39, 0.29) is 29.2 Å². The predicted octanol–water partition coefficient (Wildman–Crippen LogP) is 4.11. The first-order valence-electron chi connectivity index (χ1n) is 14.7. The van der Waals surface area contributed by atoms with Crippen molar-refractivity contribution in [3.63, 3.8) is 0 Å². The molecule has 9 nitrogen and oxygen atoms in total. The summed E-state index contributed by atoms with van der Waals surface area (Å²) in [7, 11) is 1.85. The quantitative estimate of drug-likeness (QED) is 0.405. The lowest BCUT2D eigenvalue weighted by molar-refractivity contribution is 0.0481. The highest BCUT2D eigenvalue weighted by Crippen LogP contribution is 2.51. The molecule has 10 heteroatoms. The lowest BCUT2D eigenvalue weighted by atomic mass is 9.60. The van der Waals surface area contributed by atoms with E-state index < -0.39 is 5.82 Å². The summed E-state index contributed by atoms with van der Waals surface area (Å²) in [6, 6.07) is 5.59. The third-order valence-electron chi connectivity index (χ3n) is 9.06. The van der Waals surface area contributed by atoms with Gasteiger partial charge in [-0.05, 0) is 55.9 Å². The Kier molecular flexibility index (Phi) is 7.46. The van der Waals surface area contributed by atoms with Crippen molar-refractivity contribution in [1.82, 2.24) is 24.3 Å². The first kappa shape index (κ1) is 27.7. The molecule has 0 radical (unpaired) electrons. The van der Waals surface area contributed by atoms with Crippen LogP contribution in [0.1, 0.15) is 78.3 Å². The van der Waals surface area contributed by atoms with E-state index in [0.717, 1.165) is 49.3 Å².